The smallest absolute Gasteiger partial charge is 0.154 e. The number of piperidine rings is 1. The van der Waals surface area contributed by atoms with Gasteiger partial charge in [-0.25, -0.2) is 8.42 Å². The van der Waals surface area contributed by atoms with E-state index in [2.05, 4.69) is 4.90 Å². The van der Waals surface area contributed by atoms with Gasteiger partial charge in [-0.2, -0.15) is 0 Å². The van der Waals surface area contributed by atoms with Crippen molar-refractivity contribution in [2.24, 2.45) is 11.7 Å². The van der Waals surface area contributed by atoms with Crippen LogP contribution in [0, 0.1) is 5.92 Å². The molecule has 2 aliphatic rings. The Morgan fingerprint density at radius 2 is 2.12 bits per heavy atom. The van der Waals surface area contributed by atoms with Gasteiger partial charge in [-0.3, -0.25) is 4.90 Å². The van der Waals surface area contributed by atoms with E-state index in [1.165, 1.54) is 6.42 Å². The average Bonchev–Trinajstić information content (AvgIpc) is 2.53. The zero-order valence-electron chi connectivity index (χ0n) is 10.1. The molecule has 2 fully saturated rings. The van der Waals surface area contributed by atoms with E-state index in [0.717, 1.165) is 25.9 Å². The summed E-state index contributed by atoms with van der Waals surface area (Å²) in [4.78, 5) is 2.15. The molecule has 0 amide bonds. The molecule has 3 N–H and O–H groups in total. The molecular formula is C11H22N2O3S. The number of hydrogen-bond acceptors (Lipinski definition) is 5. The fourth-order valence-corrected chi connectivity index (χ4v) is 4.86. The van der Waals surface area contributed by atoms with Crippen LogP contribution < -0.4 is 5.73 Å². The van der Waals surface area contributed by atoms with E-state index in [9.17, 15) is 13.5 Å². The number of aliphatic hydroxyl groups is 1. The number of rotatable bonds is 3. The Balaban J connectivity index is 1.98. The van der Waals surface area contributed by atoms with Gasteiger partial charge < -0.3 is 10.8 Å². The molecule has 0 saturated carbocycles. The van der Waals surface area contributed by atoms with Gasteiger partial charge in [-0.05, 0) is 38.3 Å². The lowest BCUT2D eigenvalue weighted by atomic mass is 9.93. The normalized spacial score (nSPS) is 38.4. The van der Waals surface area contributed by atoms with Gasteiger partial charge in [0.15, 0.2) is 9.84 Å². The summed E-state index contributed by atoms with van der Waals surface area (Å²) in [6.07, 6.45) is 2.53. The first-order chi connectivity index (χ1) is 8.02. The third kappa shape index (κ3) is 3.19. The van der Waals surface area contributed by atoms with Crippen molar-refractivity contribution in [1.82, 2.24) is 4.90 Å². The molecule has 17 heavy (non-hydrogen) atoms. The molecule has 5 nitrogen and oxygen atoms in total. The third-order valence-corrected chi connectivity index (χ3v) is 5.59. The van der Waals surface area contributed by atoms with Crippen molar-refractivity contribution in [3.8, 4) is 0 Å². The summed E-state index contributed by atoms with van der Waals surface area (Å²) >= 11 is 0. The summed E-state index contributed by atoms with van der Waals surface area (Å²) in [5, 5.41) is 9.85. The van der Waals surface area contributed by atoms with Crippen LogP contribution in [0.4, 0.5) is 0 Å². The Bertz CT molecular complexity index is 356. The van der Waals surface area contributed by atoms with E-state index in [1.807, 2.05) is 0 Å². The minimum Gasteiger partial charge on any atom is -0.390 e. The van der Waals surface area contributed by atoms with Gasteiger partial charge in [0.1, 0.15) is 0 Å². The Hall–Kier alpha value is -0.170. The summed E-state index contributed by atoms with van der Waals surface area (Å²) in [5.74, 6) is 0.600. The molecule has 2 aliphatic heterocycles. The highest BCUT2D eigenvalue weighted by atomic mass is 32.2. The molecular weight excluding hydrogens is 240 g/mol. The van der Waals surface area contributed by atoms with Crippen LogP contribution in [0.15, 0.2) is 0 Å². The van der Waals surface area contributed by atoms with Gasteiger partial charge in [0.25, 0.3) is 0 Å². The van der Waals surface area contributed by atoms with Crippen LogP contribution in [-0.4, -0.2) is 61.7 Å². The zero-order chi connectivity index (χ0) is 12.5. The monoisotopic (exact) mass is 262 g/mol. The topological polar surface area (TPSA) is 83.6 Å². The zero-order valence-corrected chi connectivity index (χ0v) is 10.9. The molecule has 0 bridgehead atoms. The predicted octanol–water partition coefficient (Wildman–Crippen LogP) is -0.795. The largest absolute Gasteiger partial charge is 0.390 e. The second-order valence-electron chi connectivity index (χ2n) is 5.29. The first kappa shape index (κ1) is 13.3. The van der Waals surface area contributed by atoms with E-state index in [-0.39, 0.29) is 17.5 Å². The Morgan fingerprint density at radius 1 is 1.35 bits per heavy atom. The summed E-state index contributed by atoms with van der Waals surface area (Å²) in [7, 11) is -3.04. The molecule has 6 heteroatoms. The lowest BCUT2D eigenvalue weighted by Crippen LogP contribution is -2.48. The van der Waals surface area contributed by atoms with E-state index in [1.54, 1.807) is 0 Å². The van der Waals surface area contributed by atoms with E-state index in [4.69, 9.17) is 5.73 Å². The summed E-state index contributed by atoms with van der Waals surface area (Å²) in [6, 6.07) is -0.194. The van der Waals surface area contributed by atoms with Crippen molar-refractivity contribution < 1.29 is 13.5 Å². The minimum atomic E-state index is -3.04. The Morgan fingerprint density at radius 3 is 2.71 bits per heavy atom. The first-order valence-electron chi connectivity index (χ1n) is 6.34. The standard InChI is InChI=1S/C11H22N2O3S/c12-4-3-9-2-1-5-13(6-9)10-7-17(15,16)8-11(10)14/h9-11,14H,1-8,12H2. The number of nitrogens with zero attached hydrogens (tertiary/aromatic N) is 1. The van der Waals surface area contributed by atoms with Crippen molar-refractivity contribution in [3.63, 3.8) is 0 Å². The summed E-state index contributed by atoms with van der Waals surface area (Å²) < 4.78 is 23.0. The van der Waals surface area contributed by atoms with E-state index in [0.29, 0.717) is 12.5 Å². The van der Waals surface area contributed by atoms with Crippen molar-refractivity contribution >= 4 is 9.84 Å². The molecule has 0 aromatic heterocycles. The molecule has 0 spiro atoms. The number of likely N-dealkylation sites (tertiary alicyclic amines) is 1. The number of nitrogens with two attached hydrogens (primary N) is 1. The molecule has 3 atom stereocenters. The van der Waals surface area contributed by atoms with Gasteiger partial charge in [-0.1, -0.05) is 0 Å². The summed E-state index contributed by atoms with van der Waals surface area (Å²) in [5.41, 5.74) is 5.56. The molecule has 2 heterocycles. The lowest BCUT2D eigenvalue weighted by molar-refractivity contribution is 0.0524. The maximum absolute atomic E-state index is 11.5. The van der Waals surface area contributed by atoms with Crippen LogP contribution in [-0.2, 0) is 9.84 Å². The molecule has 3 unspecified atom stereocenters. The van der Waals surface area contributed by atoms with Gasteiger partial charge in [0, 0.05) is 6.54 Å². The lowest BCUT2D eigenvalue weighted by Gasteiger charge is -2.37. The quantitative estimate of drug-likeness (QED) is 0.696. The van der Waals surface area contributed by atoms with Crippen LogP contribution in [0.1, 0.15) is 19.3 Å². The predicted molar refractivity (Wildman–Crippen MR) is 66.4 cm³/mol. The summed E-state index contributed by atoms with van der Waals surface area (Å²) in [6.45, 7) is 2.47. The molecule has 0 radical (unpaired) electrons. The maximum atomic E-state index is 11.5. The number of aliphatic hydroxyl groups excluding tert-OH is 1. The maximum Gasteiger partial charge on any atom is 0.154 e. The van der Waals surface area contributed by atoms with Gasteiger partial charge in [0.05, 0.1) is 23.7 Å². The Labute approximate surface area is 103 Å². The minimum absolute atomic E-state index is 0.0737. The highest BCUT2D eigenvalue weighted by Crippen LogP contribution is 2.25. The van der Waals surface area contributed by atoms with Gasteiger partial charge in [0.2, 0.25) is 0 Å². The highest BCUT2D eigenvalue weighted by Gasteiger charge is 2.41. The fraction of sp³-hybridized carbons (Fsp3) is 1.00. The molecule has 2 rings (SSSR count). The van der Waals surface area contributed by atoms with Crippen LogP contribution in [0.5, 0.6) is 0 Å². The molecule has 100 valence electrons. The van der Waals surface area contributed by atoms with Crippen LogP contribution in [0.25, 0.3) is 0 Å². The fourth-order valence-electron chi connectivity index (χ4n) is 3.03. The number of hydrogen-bond donors (Lipinski definition) is 2. The van der Waals surface area contributed by atoms with E-state index < -0.39 is 15.9 Å². The second kappa shape index (κ2) is 5.22. The Kier molecular flexibility index (Phi) is 4.07. The van der Waals surface area contributed by atoms with Crippen LogP contribution >= 0.6 is 0 Å². The van der Waals surface area contributed by atoms with Gasteiger partial charge in [-0.15, -0.1) is 0 Å². The number of sulfone groups is 1. The van der Waals surface area contributed by atoms with Crippen molar-refractivity contribution in [3.05, 3.63) is 0 Å². The van der Waals surface area contributed by atoms with Crippen molar-refractivity contribution in [2.75, 3.05) is 31.1 Å². The second-order valence-corrected chi connectivity index (χ2v) is 7.45. The van der Waals surface area contributed by atoms with Crippen molar-refractivity contribution in [1.29, 1.82) is 0 Å². The average molecular weight is 262 g/mol. The van der Waals surface area contributed by atoms with Gasteiger partial charge >= 0.3 is 0 Å². The first-order valence-corrected chi connectivity index (χ1v) is 8.16. The molecule has 0 aliphatic carbocycles. The SMILES string of the molecule is NCCC1CCCN(C2CS(=O)(=O)CC2O)C1. The molecule has 0 aromatic rings. The third-order valence-electron chi connectivity index (χ3n) is 3.89. The highest BCUT2D eigenvalue weighted by molar-refractivity contribution is 7.91. The van der Waals surface area contributed by atoms with Crippen molar-refractivity contribution in [2.45, 2.75) is 31.4 Å². The van der Waals surface area contributed by atoms with E-state index >= 15 is 0 Å². The van der Waals surface area contributed by atoms with Crippen LogP contribution in [0.2, 0.25) is 0 Å². The van der Waals surface area contributed by atoms with Crippen LogP contribution in [0.3, 0.4) is 0 Å². The molecule has 2 saturated heterocycles. The molecule has 0 aromatic carbocycles.